The molecule has 0 saturated carbocycles. The van der Waals surface area contributed by atoms with Gasteiger partial charge in [-0.1, -0.05) is 13.0 Å². The van der Waals surface area contributed by atoms with E-state index in [-0.39, 0.29) is 17.5 Å². The summed E-state index contributed by atoms with van der Waals surface area (Å²) in [6, 6.07) is 5.89. The van der Waals surface area contributed by atoms with E-state index >= 15 is 0 Å². The van der Waals surface area contributed by atoms with Crippen LogP contribution < -0.4 is 10.2 Å². The molecule has 1 aromatic heterocycles. The number of pyridine rings is 1. The first kappa shape index (κ1) is 16.7. The number of nitrogens with zero attached hydrogens (tertiary/aromatic N) is 3. The Hall–Kier alpha value is -1.62. The molecule has 122 valence electrons. The van der Waals surface area contributed by atoms with Gasteiger partial charge in [0.15, 0.2) is 0 Å². The Morgan fingerprint density at radius 1 is 1.32 bits per heavy atom. The Labute approximate surface area is 133 Å². The summed E-state index contributed by atoms with van der Waals surface area (Å²) in [5.74, 6) is 1.14. The standard InChI is InChI=1S/C17H28N4O/c1-5-17(3,4)19-16(22)14(2)20-10-12-21(13-11-20)15-8-6-7-9-18-15/h6-9,14H,5,10-13H2,1-4H3,(H,19,22). The molecule has 1 atom stereocenters. The number of carbonyl (C=O) groups excluding carboxylic acids is 1. The lowest BCUT2D eigenvalue weighted by atomic mass is 10.0. The van der Waals surface area contributed by atoms with Gasteiger partial charge >= 0.3 is 0 Å². The van der Waals surface area contributed by atoms with Crippen LogP contribution in [-0.2, 0) is 4.79 Å². The lowest BCUT2D eigenvalue weighted by Gasteiger charge is -2.39. The number of aromatic nitrogens is 1. The minimum atomic E-state index is -0.138. The normalized spacial score (nSPS) is 18.1. The largest absolute Gasteiger partial charge is 0.354 e. The van der Waals surface area contributed by atoms with E-state index in [4.69, 9.17) is 0 Å². The molecule has 5 heteroatoms. The molecule has 1 aromatic rings. The topological polar surface area (TPSA) is 48.5 Å². The molecule has 1 N–H and O–H groups in total. The second kappa shape index (κ2) is 7.09. The predicted octanol–water partition coefficient (Wildman–Crippen LogP) is 1.90. The van der Waals surface area contributed by atoms with Crippen LogP contribution in [0.15, 0.2) is 24.4 Å². The van der Waals surface area contributed by atoms with Crippen LogP contribution >= 0.6 is 0 Å². The molecule has 1 aliphatic heterocycles. The molecule has 2 heterocycles. The third-order valence-corrected chi connectivity index (χ3v) is 4.56. The Morgan fingerprint density at radius 3 is 2.55 bits per heavy atom. The van der Waals surface area contributed by atoms with Crippen molar-refractivity contribution in [2.45, 2.75) is 45.7 Å². The van der Waals surface area contributed by atoms with Crippen LogP contribution in [0, 0.1) is 0 Å². The summed E-state index contributed by atoms with van der Waals surface area (Å²) in [5.41, 5.74) is -0.138. The van der Waals surface area contributed by atoms with Crippen molar-refractivity contribution in [3.8, 4) is 0 Å². The van der Waals surface area contributed by atoms with E-state index in [1.54, 1.807) is 0 Å². The smallest absolute Gasteiger partial charge is 0.237 e. The van der Waals surface area contributed by atoms with Crippen molar-refractivity contribution >= 4 is 11.7 Å². The fourth-order valence-electron chi connectivity index (χ4n) is 2.57. The minimum Gasteiger partial charge on any atom is -0.354 e. The van der Waals surface area contributed by atoms with Crippen LogP contribution in [0.5, 0.6) is 0 Å². The van der Waals surface area contributed by atoms with Crippen molar-refractivity contribution in [1.82, 2.24) is 15.2 Å². The first-order chi connectivity index (χ1) is 10.4. The molecule has 1 amide bonds. The van der Waals surface area contributed by atoms with Crippen molar-refractivity contribution in [2.75, 3.05) is 31.1 Å². The molecular formula is C17H28N4O. The Bertz CT molecular complexity index is 481. The number of piperazine rings is 1. The van der Waals surface area contributed by atoms with E-state index < -0.39 is 0 Å². The molecule has 1 saturated heterocycles. The van der Waals surface area contributed by atoms with Crippen LogP contribution in [0.3, 0.4) is 0 Å². The van der Waals surface area contributed by atoms with Crippen molar-refractivity contribution in [3.05, 3.63) is 24.4 Å². The molecule has 0 bridgehead atoms. The zero-order chi connectivity index (χ0) is 16.2. The minimum absolute atomic E-state index is 0.0864. The summed E-state index contributed by atoms with van der Waals surface area (Å²) in [5, 5.41) is 3.14. The van der Waals surface area contributed by atoms with Gasteiger partial charge < -0.3 is 10.2 Å². The van der Waals surface area contributed by atoms with E-state index in [0.717, 1.165) is 38.4 Å². The zero-order valence-corrected chi connectivity index (χ0v) is 14.2. The highest BCUT2D eigenvalue weighted by Crippen LogP contribution is 2.15. The van der Waals surface area contributed by atoms with E-state index in [1.165, 1.54) is 0 Å². The maximum atomic E-state index is 12.4. The van der Waals surface area contributed by atoms with Gasteiger partial charge in [-0.25, -0.2) is 4.98 Å². The average Bonchev–Trinajstić information content (AvgIpc) is 2.55. The third-order valence-electron chi connectivity index (χ3n) is 4.56. The SMILES string of the molecule is CCC(C)(C)NC(=O)C(C)N1CCN(c2ccccn2)CC1. The maximum Gasteiger partial charge on any atom is 0.237 e. The lowest BCUT2D eigenvalue weighted by Crippen LogP contribution is -2.56. The number of anilines is 1. The number of hydrogen-bond donors (Lipinski definition) is 1. The monoisotopic (exact) mass is 304 g/mol. The van der Waals surface area contributed by atoms with Gasteiger partial charge in [-0.15, -0.1) is 0 Å². The molecular weight excluding hydrogens is 276 g/mol. The van der Waals surface area contributed by atoms with E-state index in [2.05, 4.69) is 40.9 Å². The van der Waals surface area contributed by atoms with Gasteiger partial charge in [-0.05, 0) is 39.3 Å². The van der Waals surface area contributed by atoms with Crippen molar-refractivity contribution in [3.63, 3.8) is 0 Å². The van der Waals surface area contributed by atoms with Gasteiger partial charge in [0.05, 0.1) is 6.04 Å². The first-order valence-electron chi connectivity index (χ1n) is 8.15. The summed E-state index contributed by atoms with van der Waals surface area (Å²) >= 11 is 0. The highest BCUT2D eigenvalue weighted by atomic mass is 16.2. The summed E-state index contributed by atoms with van der Waals surface area (Å²) in [6.07, 6.45) is 2.75. The molecule has 1 fully saturated rings. The van der Waals surface area contributed by atoms with Crippen molar-refractivity contribution < 1.29 is 4.79 Å². The molecule has 1 unspecified atom stereocenters. The Balaban J connectivity index is 1.87. The molecule has 1 aliphatic rings. The van der Waals surface area contributed by atoms with Gasteiger partial charge in [-0.3, -0.25) is 9.69 Å². The summed E-state index contributed by atoms with van der Waals surface area (Å²) in [6.45, 7) is 11.8. The second-order valence-corrected chi connectivity index (χ2v) is 6.61. The molecule has 2 rings (SSSR count). The van der Waals surface area contributed by atoms with Crippen LogP contribution in [0.2, 0.25) is 0 Å². The highest BCUT2D eigenvalue weighted by Gasteiger charge is 2.28. The quantitative estimate of drug-likeness (QED) is 0.902. The van der Waals surface area contributed by atoms with Gasteiger partial charge in [0.2, 0.25) is 5.91 Å². The zero-order valence-electron chi connectivity index (χ0n) is 14.2. The molecule has 0 aliphatic carbocycles. The fraction of sp³-hybridized carbons (Fsp3) is 0.647. The second-order valence-electron chi connectivity index (χ2n) is 6.61. The highest BCUT2D eigenvalue weighted by molar-refractivity contribution is 5.82. The van der Waals surface area contributed by atoms with Crippen molar-refractivity contribution in [1.29, 1.82) is 0 Å². The van der Waals surface area contributed by atoms with Gasteiger partial charge in [0.1, 0.15) is 5.82 Å². The van der Waals surface area contributed by atoms with Gasteiger partial charge in [-0.2, -0.15) is 0 Å². The third kappa shape index (κ3) is 4.19. The summed E-state index contributed by atoms with van der Waals surface area (Å²) < 4.78 is 0. The van der Waals surface area contributed by atoms with E-state index in [9.17, 15) is 4.79 Å². The number of amides is 1. The number of nitrogens with one attached hydrogen (secondary N) is 1. The van der Waals surface area contributed by atoms with E-state index in [1.807, 2.05) is 31.3 Å². The average molecular weight is 304 g/mol. The molecule has 5 nitrogen and oxygen atoms in total. The number of rotatable bonds is 5. The van der Waals surface area contributed by atoms with Crippen molar-refractivity contribution in [2.24, 2.45) is 0 Å². The summed E-state index contributed by atoms with van der Waals surface area (Å²) in [7, 11) is 0. The van der Waals surface area contributed by atoms with Crippen LogP contribution in [0.4, 0.5) is 5.82 Å². The summed E-state index contributed by atoms with van der Waals surface area (Å²) in [4.78, 5) is 21.3. The van der Waals surface area contributed by atoms with Gasteiger partial charge in [0.25, 0.3) is 0 Å². The molecule has 0 aromatic carbocycles. The molecule has 0 spiro atoms. The van der Waals surface area contributed by atoms with Crippen LogP contribution in [0.25, 0.3) is 0 Å². The van der Waals surface area contributed by atoms with Crippen LogP contribution in [0.1, 0.15) is 34.1 Å². The van der Waals surface area contributed by atoms with Gasteiger partial charge in [0, 0.05) is 37.9 Å². The lowest BCUT2D eigenvalue weighted by molar-refractivity contribution is -0.127. The Morgan fingerprint density at radius 2 is 2.00 bits per heavy atom. The van der Waals surface area contributed by atoms with E-state index in [0.29, 0.717) is 0 Å². The number of hydrogen-bond acceptors (Lipinski definition) is 4. The molecule has 0 radical (unpaired) electrons. The van der Waals surface area contributed by atoms with Crippen LogP contribution in [-0.4, -0.2) is 53.6 Å². The number of carbonyl (C=O) groups is 1. The fourth-order valence-corrected chi connectivity index (χ4v) is 2.57. The Kier molecular flexibility index (Phi) is 5.40. The maximum absolute atomic E-state index is 12.4. The molecule has 22 heavy (non-hydrogen) atoms. The first-order valence-corrected chi connectivity index (χ1v) is 8.15. The predicted molar refractivity (Wildman–Crippen MR) is 90.0 cm³/mol.